The average Bonchev–Trinajstić information content (AvgIpc) is 2.80. The first-order chi connectivity index (χ1) is 7.75. The molecular formula is C12H16N2O2. The van der Waals surface area contributed by atoms with Gasteiger partial charge in [0.2, 0.25) is 0 Å². The van der Waals surface area contributed by atoms with Crippen molar-refractivity contribution in [1.82, 2.24) is 5.32 Å². The van der Waals surface area contributed by atoms with Crippen molar-refractivity contribution in [2.24, 2.45) is 0 Å². The van der Waals surface area contributed by atoms with Gasteiger partial charge in [-0.15, -0.1) is 0 Å². The lowest BCUT2D eigenvalue weighted by Gasteiger charge is -2.10. The van der Waals surface area contributed by atoms with Crippen molar-refractivity contribution < 1.29 is 9.53 Å². The summed E-state index contributed by atoms with van der Waals surface area (Å²) in [5, 5.41) is 2.86. The highest BCUT2D eigenvalue weighted by atomic mass is 16.5. The summed E-state index contributed by atoms with van der Waals surface area (Å²) in [6.07, 6.45) is 2.29. The Morgan fingerprint density at radius 3 is 2.81 bits per heavy atom. The molecule has 1 aliphatic rings. The Kier molecular flexibility index (Phi) is 3.41. The molecule has 0 aromatic heterocycles. The molecule has 0 aliphatic carbocycles. The fraction of sp³-hybridized carbons (Fsp3) is 0.417. The minimum absolute atomic E-state index is 0.0736. The molecule has 1 aromatic rings. The van der Waals surface area contributed by atoms with Gasteiger partial charge in [0, 0.05) is 24.4 Å². The van der Waals surface area contributed by atoms with Crippen molar-refractivity contribution in [3.63, 3.8) is 0 Å². The molecule has 2 rings (SSSR count). The van der Waals surface area contributed by atoms with Gasteiger partial charge in [0.15, 0.2) is 0 Å². The maximum Gasteiger partial charge on any atom is 0.251 e. The number of nitrogen functional groups attached to an aromatic ring is 1. The molecule has 86 valence electrons. The highest BCUT2D eigenvalue weighted by molar-refractivity contribution is 5.94. The molecule has 4 nitrogen and oxygen atoms in total. The van der Waals surface area contributed by atoms with Gasteiger partial charge in [-0.1, -0.05) is 0 Å². The smallest absolute Gasteiger partial charge is 0.251 e. The van der Waals surface area contributed by atoms with E-state index in [9.17, 15) is 4.79 Å². The van der Waals surface area contributed by atoms with Crippen LogP contribution in [0, 0.1) is 0 Å². The maximum absolute atomic E-state index is 11.7. The minimum atomic E-state index is -0.0736. The Balaban J connectivity index is 1.85. The Morgan fingerprint density at radius 1 is 1.44 bits per heavy atom. The largest absolute Gasteiger partial charge is 0.399 e. The molecule has 1 amide bonds. The van der Waals surface area contributed by atoms with Gasteiger partial charge in [0.05, 0.1) is 6.10 Å². The van der Waals surface area contributed by atoms with Crippen LogP contribution < -0.4 is 11.1 Å². The molecule has 16 heavy (non-hydrogen) atoms. The van der Waals surface area contributed by atoms with Gasteiger partial charge >= 0.3 is 0 Å². The molecule has 0 unspecified atom stereocenters. The first-order valence-electron chi connectivity index (χ1n) is 5.51. The normalized spacial score (nSPS) is 19.6. The lowest BCUT2D eigenvalue weighted by molar-refractivity contribution is 0.0858. The summed E-state index contributed by atoms with van der Waals surface area (Å²) in [6, 6.07) is 6.89. The molecule has 0 bridgehead atoms. The molecule has 3 N–H and O–H groups in total. The molecule has 1 fully saturated rings. The number of amides is 1. The van der Waals surface area contributed by atoms with Crippen LogP contribution in [0.1, 0.15) is 23.2 Å². The van der Waals surface area contributed by atoms with Gasteiger partial charge in [-0.2, -0.15) is 0 Å². The zero-order valence-corrected chi connectivity index (χ0v) is 9.11. The Bertz CT molecular complexity index is 356. The highest BCUT2D eigenvalue weighted by Crippen LogP contribution is 2.11. The summed E-state index contributed by atoms with van der Waals surface area (Å²) >= 11 is 0. The van der Waals surface area contributed by atoms with Crippen molar-refractivity contribution in [2.45, 2.75) is 18.9 Å². The second-order valence-electron chi connectivity index (χ2n) is 3.97. The average molecular weight is 220 g/mol. The van der Waals surface area contributed by atoms with Crippen molar-refractivity contribution in [3.05, 3.63) is 29.8 Å². The summed E-state index contributed by atoms with van der Waals surface area (Å²) in [6.45, 7) is 1.39. The maximum atomic E-state index is 11.7. The van der Waals surface area contributed by atoms with E-state index in [0.717, 1.165) is 19.4 Å². The molecule has 0 spiro atoms. The van der Waals surface area contributed by atoms with E-state index >= 15 is 0 Å². The third-order valence-corrected chi connectivity index (χ3v) is 2.69. The van der Waals surface area contributed by atoms with Gasteiger partial charge in [0.1, 0.15) is 0 Å². The predicted molar refractivity (Wildman–Crippen MR) is 62.2 cm³/mol. The second-order valence-corrected chi connectivity index (χ2v) is 3.97. The SMILES string of the molecule is Nc1ccc(C(=O)NC[C@@H]2CCCO2)cc1. The molecule has 1 heterocycles. The lowest BCUT2D eigenvalue weighted by Crippen LogP contribution is -2.31. The molecule has 1 aromatic carbocycles. The van der Waals surface area contributed by atoms with E-state index in [1.165, 1.54) is 0 Å². The van der Waals surface area contributed by atoms with Crippen LogP contribution in [0.25, 0.3) is 0 Å². The third kappa shape index (κ3) is 2.73. The summed E-state index contributed by atoms with van der Waals surface area (Å²) < 4.78 is 5.42. The molecule has 0 radical (unpaired) electrons. The van der Waals surface area contributed by atoms with Crippen molar-refractivity contribution in [3.8, 4) is 0 Å². The van der Waals surface area contributed by atoms with E-state index in [2.05, 4.69) is 5.32 Å². The van der Waals surface area contributed by atoms with E-state index in [-0.39, 0.29) is 12.0 Å². The number of nitrogens with two attached hydrogens (primary N) is 1. The lowest BCUT2D eigenvalue weighted by atomic mass is 10.2. The quantitative estimate of drug-likeness (QED) is 0.752. The number of nitrogens with one attached hydrogen (secondary N) is 1. The third-order valence-electron chi connectivity index (χ3n) is 2.69. The van der Waals surface area contributed by atoms with Crippen LogP contribution in [0.4, 0.5) is 5.69 Å². The predicted octanol–water partition coefficient (Wildman–Crippen LogP) is 1.18. The van der Waals surface area contributed by atoms with E-state index in [1.807, 2.05) is 0 Å². The molecule has 1 atom stereocenters. The molecule has 0 saturated carbocycles. The Labute approximate surface area is 94.8 Å². The zero-order valence-electron chi connectivity index (χ0n) is 9.11. The number of benzene rings is 1. The number of ether oxygens (including phenoxy) is 1. The number of carbonyl (C=O) groups excluding carboxylic acids is 1. The fourth-order valence-electron chi connectivity index (χ4n) is 1.75. The highest BCUT2D eigenvalue weighted by Gasteiger charge is 2.16. The summed E-state index contributed by atoms with van der Waals surface area (Å²) in [4.78, 5) is 11.7. The van der Waals surface area contributed by atoms with Gasteiger partial charge in [-0.3, -0.25) is 4.79 Å². The molecule has 1 saturated heterocycles. The van der Waals surface area contributed by atoms with Crippen LogP contribution in [-0.2, 0) is 4.74 Å². The van der Waals surface area contributed by atoms with Crippen LogP contribution in [0.2, 0.25) is 0 Å². The second kappa shape index (κ2) is 4.99. The van der Waals surface area contributed by atoms with E-state index in [4.69, 9.17) is 10.5 Å². The first kappa shape index (κ1) is 11.0. The van der Waals surface area contributed by atoms with E-state index in [0.29, 0.717) is 17.8 Å². The van der Waals surface area contributed by atoms with Crippen molar-refractivity contribution in [2.75, 3.05) is 18.9 Å². The number of hydrogen-bond acceptors (Lipinski definition) is 3. The summed E-state index contributed by atoms with van der Waals surface area (Å²) in [5.74, 6) is -0.0736. The van der Waals surface area contributed by atoms with Crippen LogP contribution in [0.3, 0.4) is 0 Å². The summed E-state index contributed by atoms with van der Waals surface area (Å²) in [7, 11) is 0. The topological polar surface area (TPSA) is 64.4 Å². The molecule has 1 aliphatic heterocycles. The van der Waals surface area contributed by atoms with Crippen molar-refractivity contribution >= 4 is 11.6 Å². The van der Waals surface area contributed by atoms with Gasteiger partial charge in [0.25, 0.3) is 5.91 Å². The Hall–Kier alpha value is -1.55. The first-order valence-corrected chi connectivity index (χ1v) is 5.51. The summed E-state index contributed by atoms with van der Waals surface area (Å²) in [5.41, 5.74) is 6.84. The molecular weight excluding hydrogens is 204 g/mol. The fourth-order valence-corrected chi connectivity index (χ4v) is 1.75. The van der Waals surface area contributed by atoms with Gasteiger partial charge in [-0.25, -0.2) is 0 Å². The van der Waals surface area contributed by atoms with Gasteiger partial charge < -0.3 is 15.8 Å². The number of carbonyl (C=O) groups is 1. The van der Waals surface area contributed by atoms with Crippen LogP contribution in [-0.4, -0.2) is 25.2 Å². The van der Waals surface area contributed by atoms with Crippen LogP contribution in [0.15, 0.2) is 24.3 Å². The minimum Gasteiger partial charge on any atom is -0.399 e. The standard InChI is InChI=1S/C12H16N2O2/c13-10-5-3-9(4-6-10)12(15)14-8-11-2-1-7-16-11/h3-6,11H,1-2,7-8,13H2,(H,14,15)/t11-/m0/s1. The molecule has 4 heteroatoms. The zero-order chi connectivity index (χ0) is 11.4. The number of anilines is 1. The van der Waals surface area contributed by atoms with Crippen molar-refractivity contribution in [1.29, 1.82) is 0 Å². The van der Waals surface area contributed by atoms with Crippen LogP contribution in [0.5, 0.6) is 0 Å². The van der Waals surface area contributed by atoms with Crippen LogP contribution >= 0.6 is 0 Å². The number of rotatable bonds is 3. The van der Waals surface area contributed by atoms with E-state index in [1.54, 1.807) is 24.3 Å². The Morgan fingerprint density at radius 2 is 2.19 bits per heavy atom. The van der Waals surface area contributed by atoms with E-state index < -0.39 is 0 Å². The monoisotopic (exact) mass is 220 g/mol. The number of hydrogen-bond donors (Lipinski definition) is 2. The van der Waals surface area contributed by atoms with Gasteiger partial charge in [-0.05, 0) is 37.1 Å².